The number of amides is 1. The molecule has 6 nitrogen and oxygen atoms in total. The summed E-state index contributed by atoms with van der Waals surface area (Å²) in [7, 11) is 0. The first-order valence-electron chi connectivity index (χ1n) is 7.68. The zero-order valence-electron chi connectivity index (χ0n) is 13.6. The van der Waals surface area contributed by atoms with Gasteiger partial charge in [0, 0.05) is 5.56 Å². The van der Waals surface area contributed by atoms with Crippen LogP contribution >= 0.6 is 0 Å². The number of rotatable bonds is 7. The maximum Gasteiger partial charge on any atom is 0.334 e. The average molecular weight is 343 g/mol. The summed E-state index contributed by atoms with van der Waals surface area (Å²) in [5.41, 5.74) is 3.03. The Bertz CT molecular complexity index is 750. The van der Waals surface area contributed by atoms with Crippen LogP contribution in [0.5, 0.6) is 0 Å². The molecule has 1 unspecified atom stereocenters. The van der Waals surface area contributed by atoms with E-state index in [4.69, 9.17) is 4.74 Å². The fourth-order valence-corrected chi connectivity index (χ4v) is 1.94. The van der Waals surface area contributed by atoms with Crippen molar-refractivity contribution in [3.8, 4) is 0 Å². The van der Waals surface area contributed by atoms with Crippen LogP contribution < -0.4 is 10.7 Å². The van der Waals surface area contributed by atoms with Crippen molar-refractivity contribution in [2.75, 3.05) is 12.0 Å². The molecule has 0 aliphatic rings. The Hall–Kier alpha value is -3.22. The molecular formula is C18H18FN3O3. The molecule has 0 saturated carbocycles. The van der Waals surface area contributed by atoms with Crippen molar-refractivity contribution in [2.24, 2.45) is 5.10 Å². The Morgan fingerprint density at radius 3 is 2.52 bits per heavy atom. The molecule has 7 heteroatoms. The molecule has 2 aromatic rings. The van der Waals surface area contributed by atoms with Crippen LogP contribution in [0.1, 0.15) is 17.3 Å². The lowest BCUT2D eigenvalue weighted by Gasteiger charge is -2.13. The monoisotopic (exact) mass is 343 g/mol. The average Bonchev–Trinajstić information content (AvgIpc) is 2.63. The number of hydrogen-bond donors (Lipinski definition) is 2. The highest BCUT2D eigenvalue weighted by Crippen LogP contribution is 2.11. The van der Waals surface area contributed by atoms with E-state index < -0.39 is 23.7 Å². The highest BCUT2D eigenvalue weighted by molar-refractivity contribution is 6.03. The molecule has 0 radical (unpaired) electrons. The highest BCUT2D eigenvalue weighted by atomic mass is 19.1. The minimum absolute atomic E-state index is 0.149. The number of nitrogens with one attached hydrogen (secondary N) is 2. The molecule has 2 N–H and O–H groups in total. The van der Waals surface area contributed by atoms with E-state index in [0.29, 0.717) is 5.56 Å². The van der Waals surface area contributed by atoms with Crippen molar-refractivity contribution in [2.45, 2.75) is 13.0 Å². The molecule has 1 amide bonds. The van der Waals surface area contributed by atoms with E-state index in [0.717, 1.165) is 6.21 Å². The molecular weight excluding hydrogens is 325 g/mol. The number of benzene rings is 2. The summed E-state index contributed by atoms with van der Waals surface area (Å²) in [6, 6.07) is 13.3. The van der Waals surface area contributed by atoms with Crippen LogP contribution in [-0.2, 0) is 9.53 Å². The van der Waals surface area contributed by atoms with Crippen molar-refractivity contribution in [3.05, 3.63) is 66.0 Å². The molecule has 2 aromatic carbocycles. The van der Waals surface area contributed by atoms with Gasteiger partial charge in [0.1, 0.15) is 5.82 Å². The number of carbonyl (C=O) groups excluding carboxylic acids is 2. The minimum Gasteiger partial charge on any atom is -0.464 e. The van der Waals surface area contributed by atoms with Gasteiger partial charge >= 0.3 is 5.97 Å². The number of nitrogens with zero attached hydrogens (tertiary/aromatic N) is 1. The largest absolute Gasteiger partial charge is 0.464 e. The Labute approximate surface area is 144 Å². The maximum absolute atomic E-state index is 13.5. The van der Waals surface area contributed by atoms with Gasteiger partial charge in [-0.25, -0.2) is 9.18 Å². The van der Waals surface area contributed by atoms with Gasteiger partial charge in [-0.15, -0.1) is 0 Å². The lowest BCUT2D eigenvalue weighted by molar-refractivity contribution is -0.143. The molecule has 1 atom stereocenters. The summed E-state index contributed by atoms with van der Waals surface area (Å²) < 4.78 is 18.4. The predicted octanol–water partition coefficient (Wildman–Crippen LogP) is 2.59. The molecule has 0 aliphatic carbocycles. The first-order chi connectivity index (χ1) is 12.1. The van der Waals surface area contributed by atoms with Crippen LogP contribution in [0.3, 0.4) is 0 Å². The van der Waals surface area contributed by atoms with E-state index in [1.54, 1.807) is 49.4 Å². The van der Waals surface area contributed by atoms with Crippen molar-refractivity contribution in [3.63, 3.8) is 0 Å². The summed E-state index contributed by atoms with van der Waals surface area (Å²) in [5.74, 6) is -1.59. The number of para-hydroxylation sites is 1. The molecule has 0 aromatic heterocycles. The molecule has 0 heterocycles. The van der Waals surface area contributed by atoms with E-state index in [1.165, 1.54) is 12.1 Å². The van der Waals surface area contributed by atoms with E-state index >= 15 is 0 Å². The van der Waals surface area contributed by atoms with E-state index in [1.807, 2.05) is 0 Å². The second kappa shape index (κ2) is 9.17. The summed E-state index contributed by atoms with van der Waals surface area (Å²) in [6.45, 7) is 1.81. The van der Waals surface area contributed by atoms with E-state index in [-0.39, 0.29) is 12.3 Å². The second-order valence-electron chi connectivity index (χ2n) is 4.94. The zero-order valence-corrected chi connectivity index (χ0v) is 13.6. The number of carbonyl (C=O) groups is 2. The zero-order chi connectivity index (χ0) is 18.1. The number of halogens is 1. The van der Waals surface area contributed by atoms with E-state index in [9.17, 15) is 14.0 Å². The summed E-state index contributed by atoms with van der Waals surface area (Å²) in [6.07, 6.45) is 1.16. The van der Waals surface area contributed by atoms with Crippen molar-refractivity contribution in [1.29, 1.82) is 0 Å². The van der Waals surface area contributed by atoms with Gasteiger partial charge in [-0.05, 0) is 31.2 Å². The third-order valence-corrected chi connectivity index (χ3v) is 3.15. The SMILES string of the molecule is CCOC(=O)C(/C=N/Nc1ccccc1F)NC(=O)c1ccccc1. The fraction of sp³-hybridized carbons (Fsp3) is 0.167. The molecule has 0 fully saturated rings. The molecule has 0 aliphatic heterocycles. The number of hydrazone groups is 1. The second-order valence-corrected chi connectivity index (χ2v) is 4.94. The van der Waals surface area contributed by atoms with Crippen LogP contribution in [0.4, 0.5) is 10.1 Å². The van der Waals surface area contributed by atoms with Crippen LogP contribution in [0.2, 0.25) is 0 Å². The highest BCUT2D eigenvalue weighted by Gasteiger charge is 2.20. The van der Waals surface area contributed by atoms with Gasteiger partial charge in [-0.1, -0.05) is 30.3 Å². The normalized spacial score (nSPS) is 11.8. The van der Waals surface area contributed by atoms with Gasteiger partial charge in [-0.3, -0.25) is 10.2 Å². The molecule has 130 valence electrons. The molecule has 0 bridgehead atoms. The number of ether oxygens (including phenoxy) is 1. The van der Waals surface area contributed by atoms with Gasteiger partial charge < -0.3 is 10.1 Å². The number of esters is 1. The van der Waals surface area contributed by atoms with Gasteiger partial charge in [0.25, 0.3) is 5.91 Å². The Balaban J connectivity index is 2.07. The van der Waals surface area contributed by atoms with Crippen LogP contribution in [0.15, 0.2) is 59.7 Å². The van der Waals surface area contributed by atoms with Crippen molar-refractivity contribution < 1.29 is 18.7 Å². The van der Waals surface area contributed by atoms with Gasteiger partial charge in [0.05, 0.1) is 18.5 Å². The summed E-state index contributed by atoms with van der Waals surface area (Å²) in [4.78, 5) is 24.2. The van der Waals surface area contributed by atoms with Crippen LogP contribution in [0.25, 0.3) is 0 Å². The van der Waals surface area contributed by atoms with Gasteiger partial charge in [-0.2, -0.15) is 5.10 Å². The van der Waals surface area contributed by atoms with Crippen molar-refractivity contribution >= 4 is 23.8 Å². The fourth-order valence-electron chi connectivity index (χ4n) is 1.94. The molecule has 0 saturated heterocycles. The Morgan fingerprint density at radius 1 is 1.16 bits per heavy atom. The lowest BCUT2D eigenvalue weighted by atomic mass is 10.2. The molecule has 2 rings (SSSR count). The van der Waals surface area contributed by atoms with Crippen LogP contribution in [-0.4, -0.2) is 30.7 Å². The Kier molecular flexibility index (Phi) is 6.65. The quantitative estimate of drug-likeness (QED) is 0.460. The number of hydrogen-bond acceptors (Lipinski definition) is 5. The summed E-state index contributed by atoms with van der Waals surface area (Å²) in [5, 5.41) is 6.34. The standard InChI is InChI=1S/C18H18FN3O3/c1-2-25-18(24)16(21-17(23)13-8-4-3-5-9-13)12-20-22-15-11-7-6-10-14(15)19/h3-12,16,22H,2H2,1H3,(H,21,23)/b20-12+. The topological polar surface area (TPSA) is 79.8 Å². The first kappa shape index (κ1) is 18.1. The smallest absolute Gasteiger partial charge is 0.334 e. The van der Waals surface area contributed by atoms with Gasteiger partial charge in [0.2, 0.25) is 0 Å². The molecule has 25 heavy (non-hydrogen) atoms. The predicted molar refractivity (Wildman–Crippen MR) is 92.8 cm³/mol. The van der Waals surface area contributed by atoms with Crippen LogP contribution in [0, 0.1) is 5.82 Å². The van der Waals surface area contributed by atoms with E-state index in [2.05, 4.69) is 15.8 Å². The first-order valence-corrected chi connectivity index (χ1v) is 7.68. The summed E-state index contributed by atoms with van der Waals surface area (Å²) >= 11 is 0. The maximum atomic E-state index is 13.5. The lowest BCUT2D eigenvalue weighted by Crippen LogP contribution is -2.43. The van der Waals surface area contributed by atoms with Gasteiger partial charge in [0.15, 0.2) is 6.04 Å². The van der Waals surface area contributed by atoms with Crippen molar-refractivity contribution in [1.82, 2.24) is 5.32 Å². The Morgan fingerprint density at radius 2 is 1.84 bits per heavy atom. The third kappa shape index (κ3) is 5.42. The molecule has 0 spiro atoms. The third-order valence-electron chi connectivity index (χ3n) is 3.15. The number of anilines is 1. The minimum atomic E-state index is -1.10.